The van der Waals surface area contributed by atoms with E-state index in [0.29, 0.717) is 6.61 Å². The largest absolute Gasteiger partial charge is 0.487 e. The number of aromatic nitrogens is 3. The maximum absolute atomic E-state index is 6.03. The van der Waals surface area contributed by atoms with E-state index in [1.807, 2.05) is 48.7 Å². The first-order valence-electron chi connectivity index (χ1n) is 7.31. The molecule has 0 radical (unpaired) electrons. The minimum absolute atomic E-state index is 0.477. The summed E-state index contributed by atoms with van der Waals surface area (Å²) in [7, 11) is 0. The molecule has 0 aliphatic rings. The van der Waals surface area contributed by atoms with Crippen molar-refractivity contribution in [2.24, 2.45) is 5.10 Å². The lowest BCUT2D eigenvalue weighted by molar-refractivity contribution is 0.304. The van der Waals surface area contributed by atoms with E-state index in [4.69, 9.17) is 4.74 Å². The number of halogens is 2. The number of nitrogens with zero attached hydrogens (tertiary/aromatic N) is 4. The molecule has 5 nitrogen and oxygen atoms in total. The van der Waals surface area contributed by atoms with Crippen molar-refractivity contribution in [2.75, 3.05) is 6.26 Å². The van der Waals surface area contributed by atoms with Crippen LogP contribution in [0.4, 0.5) is 0 Å². The van der Waals surface area contributed by atoms with E-state index in [-0.39, 0.29) is 0 Å². The van der Waals surface area contributed by atoms with Gasteiger partial charge in [0.15, 0.2) is 0 Å². The van der Waals surface area contributed by atoms with Gasteiger partial charge in [0, 0.05) is 10.0 Å². The van der Waals surface area contributed by atoms with Crippen LogP contribution < -0.4 is 4.74 Å². The summed E-state index contributed by atoms with van der Waals surface area (Å²) in [6.45, 7) is 0.477. The smallest absolute Gasteiger partial charge is 0.211 e. The molecule has 2 aromatic carbocycles. The Bertz CT molecular complexity index is 884. The fourth-order valence-electron chi connectivity index (χ4n) is 2.12. The summed E-state index contributed by atoms with van der Waals surface area (Å²) in [6, 6.07) is 13.9. The number of thioether (sulfide) groups is 1. The van der Waals surface area contributed by atoms with Crippen LogP contribution in [0.2, 0.25) is 0 Å². The highest BCUT2D eigenvalue weighted by atomic mass is 79.9. The monoisotopic (exact) mass is 480 g/mol. The highest BCUT2D eigenvalue weighted by Crippen LogP contribution is 2.32. The molecule has 3 aromatic rings. The van der Waals surface area contributed by atoms with Gasteiger partial charge in [-0.05, 0) is 39.9 Å². The van der Waals surface area contributed by atoms with Crippen LogP contribution in [0.5, 0.6) is 5.75 Å². The second-order valence-electron chi connectivity index (χ2n) is 4.99. The van der Waals surface area contributed by atoms with Gasteiger partial charge in [-0.3, -0.25) is 0 Å². The first-order chi connectivity index (χ1) is 12.2. The van der Waals surface area contributed by atoms with Crippen LogP contribution in [0.15, 0.2) is 68.0 Å². The van der Waals surface area contributed by atoms with Crippen molar-refractivity contribution in [3.8, 4) is 5.75 Å². The van der Waals surface area contributed by atoms with E-state index < -0.39 is 0 Å². The Hall–Kier alpha value is -1.64. The fourth-order valence-corrected chi connectivity index (χ4v) is 3.90. The maximum Gasteiger partial charge on any atom is 0.211 e. The molecule has 0 fully saturated rings. The molecule has 0 N–H and O–H groups in total. The first kappa shape index (κ1) is 18.2. The quantitative estimate of drug-likeness (QED) is 0.367. The Kier molecular flexibility index (Phi) is 6.28. The van der Waals surface area contributed by atoms with E-state index in [0.717, 1.165) is 31.0 Å². The second-order valence-corrected chi connectivity index (χ2v) is 7.53. The summed E-state index contributed by atoms with van der Waals surface area (Å²) in [5.74, 6) is 0.731. The lowest BCUT2D eigenvalue weighted by Gasteiger charge is -2.12. The molecular formula is C17H14Br2N4OS. The number of hydrogen-bond acceptors (Lipinski definition) is 5. The molecule has 0 bridgehead atoms. The minimum Gasteiger partial charge on any atom is -0.487 e. The average molecular weight is 482 g/mol. The van der Waals surface area contributed by atoms with Crippen LogP contribution in [0, 0.1) is 0 Å². The third-order valence-corrected chi connectivity index (χ3v) is 4.95. The van der Waals surface area contributed by atoms with Crippen molar-refractivity contribution in [1.82, 2.24) is 14.9 Å². The molecule has 1 heterocycles. The summed E-state index contributed by atoms with van der Waals surface area (Å²) >= 11 is 8.55. The van der Waals surface area contributed by atoms with Gasteiger partial charge in [-0.15, -0.1) is 10.2 Å². The molecule has 8 heteroatoms. The van der Waals surface area contributed by atoms with E-state index in [2.05, 4.69) is 47.2 Å². The van der Waals surface area contributed by atoms with Gasteiger partial charge in [0.1, 0.15) is 18.7 Å². The molecule has 25 heavy (non-hydrogen) atoms. The molecule has 0 aliphatic carbocycles. The molecule has 0 atom stereocenters. The molecular weight excluding hydrogens is 468 g/mol. The van der Waals surface area contributed by atoms with Crippen molar-refractivity contribution in [3.63, 3.8) is 0 Å². The van der Waals surface area contributed by atoms with Crippen molar-refractivity contribution in [3.05, 3.63) is 68.9 Å². The summed E-state index contributed by atoms with van der Waals surface area (Å²) in [5, 5.41) is 13.0. The van der Waals surface area contributed by atoms with Crippen molar-refractivity contribution in [2.45, 2.75) is 11.8 Å². The summed E-state index contributed by atoms with van der Waals surface area (Å²) in [4.78, 5) is 0. The van der Waals surface area contributed by atoms with Crippen LogP contribution in [-0.2, 0) is 6.61 Å². The lowest BCUT2D eigenvalue weighted by Crippen LogP contribution is -2.00. The van der Waals surface area contributed by atoms with E-state index in [1.54, 1.807) is 17.2 Å². The van der Waals surface area contributed by atoms with Gasteiger partial charge >= 0.3 is 0 Å². The second kappa shape index (κ2) is 8.64. The predicted molar refractivity (Wildman–Crippen MR) is 107 cm³/mol. The van der Waals surface area contributed by atoms with E-state index >= 15 is 0 Å². The van der Waals surface area contributed by atoms with E-state index in [1.165, 1.54) is 11.8 Å². The number of ether oxygens (including phenoxy) is 1. The highest BCUT2D eigenvalue weighted by molar-refractivity contribution is 9.11. The zero-order valence-corrected chi connectivity index (χ0v) is 17.3. The van der Waals surface area contributed by atoms with Gasteiger partial charge in [-0.25, -0.2) is 0 Å². The van der Waals surface area contributed by atoms with E-state index in [9.17, 15) is 0 Å². The lowest BCUT2D eigenvalue weighted by atomic mass is 10.2. The molecule has 128 valence electrons. The Morgan fingerprint density at radius 1 is 1.24 bits per heavy atom. The Morgan fingerprint density at radius 3 is 2.80 bits per heavy atom. The van der Waals surface area contributed by atoms with Crippen molar-refractivity contribution in [1.29, 1.82) is 0 Å². The van der Waals surface area contributed by atoms with Crippen LogP contribution in [-0.4, -0.2) is 27.3 Å². The zero-order valence-electron chi connectivity index (χ0n) is 13.3. The summed E-state index contributed by atoms with van der Waals surface area (Å²) in [6.07, 6.45) is 5.24. The van der Waals surface area contributed by atoms with Gasteiger partial charge < -0.3 is 4.74 Å². The predicted octanol–water partition coefficient (Wildman–Crippen LogP) is 4.99. The first-order valence-corrected chi connectivity index (χ1v) is 10.1. The molecule has 0 aliphatic heterocycles. The molecule has 0 saturated carbocycles. The Labute approximate surface area is 166 Å². The minimum atomic E-state index is 0.477. The summed E-state index contributed by atoms with van der Waals surface area (Å²) in [5.41, 5.74) is 1.95. The fraction of sp³-hybridized carbons (Fsp3) is 0.118. The molecule has 0 saturated heterocycles. The van der Waals surface area contributed by atoms with Crippen molar-refractivity contribution >= 4 is 49.8 Å². The van der Waals surface area contributed by atoms with Gasteiger partial charge in [0.25, 0.3) is 0 Å². The average Bonchev–Trinajstić information content (AvgIpc) is 3.07. The third-order valence-electron chi connectivity index (χ3n) is 3.27. The zero-order chi connectivity index (χ0) is 17.6. The van der Waals surface area contributed by atoms with Gasteiger partial charge in [-0.2, -0.15) is 9.78 Å². The molecule has 0 amide bonds. The Morgan fingerprint density at radius 2 is 2.04 bits per heavy atom. The normalized spacial score (nSPS) is 11.2. The third kappa shape index (κ3) is 4.71. The summed E-state index contributed by atoms with van der Waals surface area (Å²) < 4.78 is 9.44. The van der Waals surface area contributed by atoms with Gasteiger partial charge in [-0.1, -0.05) is 58.0 Å². The highest BCUT2D eigenvalue weighted by Gasteiger charge is 2.10. The van der Waals surface area contributed by atoms with Crippen LogP contribution in [0.1, 0.15) is 11.1 Å². The molecule has 0 spiro atoms. The number of rotatable bonds is 6. The van der Waals surface area contributed by atoms with Gasteiger partial charge in [0.05, 0.1) is 10.7 Å². The maximum atomic E-state index is 6.03. The van der Waals surface area contributed by atoms with Gasteiger partial charge in [0.2, 0.25) is 5.16 Å². The SMILES string of the molecule is CSc1nncn1/N=C\c1cc(Br)cc(Br)c1OCc1ccccc1. The standard InChI is InChI=1S/C17H14Br2N4OS/c1-25-17-22-20-11-23(17)21-9-13-7-14(18)8-15(19)16(13)24-10-12-5-3-2-4-6-12/h2-9,11H,10H2,1H3/b21-9-. The van der Waals surface area contributed by atoms with Crippen LogP contribution in [0.25, 0.3) is 0 Å². The number of hydrogen-bond donors (Lipinski definition) is 0. The van der Waals surface area contributed by atoms with Crippen LogP contribution >= 0.6 is 43.6 Å². The molecule has 3 rings (SSSR count). The Balaban J connectivity index is 1.87. The number of benzene rings is 2. The van der Waals surface area contributed by atoms with Crippen molar-refractivity contribution < 1.29 is 4.74 Å². The molecule has 0 unspecified atom stereocenters. The molecule has 1 aromatic heterocycles. The topological polar surface area (TPSA) is 52.3 Å². The van der Waals surface area contributed by atoms with Crippen LogP contribution in [0.3, 0.4) is 0 Å².